The number of benzene rings is 3. The maximum absolute atomic E-state index is 13.6. The zero-order chi connectivity index (χ0) is 25.9. The van der Waals surface area contributed by atoms with Crippen molar-refractivity contribution in [1.82, 2.24) is 10.2 Å². The number of carbonyl (C=O) groups excluding carboxylic acids is 2. The van der Waals surface area contributed by atoms with Crippen molar-refractivity contribution in [2.24, 2.45) is 0 Å². The number of rotatable bonds is 12. The summed E-state index contributed by atoms with van der Waals surface area (Å²) in [5.41, 5.74) is 4.33. The Morgan fingerprint density at radius 2 is 1.56 bits per heavy atom. The van der Waals surface area contributed by atoms with E-state index in [0.29, 0.717) is 32.4 Å². The van der Waals surface area contributed by atoms with Crippen molar-refractivity contribution in [3.05, 3.63) is 101 Å². The molecule has 0 aliphatic carbocycles. The minimum absolute atomic E-state index is 0.0189. The van der Waals surface area contributed by atoms with Crippen LogP contribution in [0.25, 0.3) is 0 Å². The molecule has 5 heteroatoms. The predicted octanol–water partition coefficient (Wildman–Crippen LogP) is 5.63. The summed E-state index contributed by atoms with van der Waals surface area (Å²) in [6.07, 6.45) is 1.33. The van der Waals surface area contributed by atoms with Crippen LogP contribution in [0, 0.1) is 13.8 Å². The van der Waals surface area contributed by atoms with E-state index >= 15 is 0 Å². The molecule has 5 nitrogen and oxygen atoms in total. The van der Waals surface area contributed by atoms with E-state index in [4.69, 9.17) is 4.74 Å². The third-order valence-corrected chi connectivity index (χ3v) is 5.96. The largest absolute Gasteiger partial charge is 0.494 e. The number of carbonyl (C=O) groups is 2. The Kier molecular flexibility index (Phi) is 10.1. The summed E-state index contributed by atoms with van der Waals surface area (Å²) in [4.78, 5) is 28.7. The summed E-state index contributed by atoms with van der Waals surface area (Å²) >= 11 is 0. The Balaban J connectivity index is 1.78. The maximum atomic E-state index is 13.6. The molecule has 0 aromatic heterocycles. The van der Waals surface area contributed by atoms with Gasteiger partial charge in [-0.15, -0.1) is 0 Å². The third kappa shape index (κ3) is 8.56. The van der Waals surface area contributed by atoms with Crippen LogP contribution in [-0.2, 0) is 22.6 Å². The van der Waals surface area contributed by atoms with Crippen LogP contribution in [0.1, 0.15) is 48.9 Å². The fourth-order valence-corrected chi connectivity index (χ4v) is 4.13. The second-order valence-electron chi connectivity index (χ2n) is 9.64. The first-order chi connectivity index (χ1) is 17.3. The SMILES string of the molecule is Cc1ccc(OCCCC(=O)N(Cc2cccc(C)c2)[C@@H](Cc2ccccc2)C(=O)NC(C)C)cc1. The minimum atomic E-state index is -0.610. The molecule has 0 aliphatic heterocycles. The molecule has 190 valence electrons. The highest BCUT2D eigenvalue weighted by molar-refractivity contribution is 5.88. The monoisotopic (exact) mass is 486 g/mol. The fraction of sp³-hybridized carbons (Fsp3) is 0.355. The zero-order valence-electron chi connectivity index (χ0n) is 21.9. The second-order valence-corrected chi connectivity index (χ2v) is 9.64. The lowest BCUT2D eigenvalue weighted by atomic mass is 10.0. The van der Waals surface area contributed by atoms with Crippen molar-refractivity contribution in [3.63, 3.8) is 0 Å². The summed E-state index contributed by atoms with van der Waals surface area (Å²) in [6, 6.07) is 25.2. The van der Waals surface area contributed by atoms with E-state index in [9.17, 15) is 9.59 Å². The Hall–Kier alpha value is -3.60. The number of amides is 2. The highest BCUT2D eigenvalue weighted by Gasteiger charge is 2.30. The van der Waals surface area contributed by atoms with Crippen molar-refractivity contribution in [3.8, 4) is 5.75 Å². The topological polar surface area (TPSA) is 58.6 Å². The van der Waals surface area contributed by atoms with Gasteiger partial charge in [0, 0.05) is 25.4 Å². The normalized spacial score (nSPS) is 11.7. The fourth-order valence-electron chi connectivity index (χ4n) is 4.13. The molecule has 1 N–H and O–H groups in total. The van der Waals surface area contributed by atoms with E-state index in [1.54, 1.807) is 4.90 Å². The van der Waals surface area contributed by atoms with Gasteiger partial charge in [0.2, 0.25) is 11.8 Å². The van der Waals surface area contributed by atoms with Gasteiger partial charge in [-0.3, -0.25) is 9.59 Å². The van der Waals surface area contributed by atoms with Gasteiger partial charge in [0.15, 0.2) is 0 Å². The molecule has 3 aromatic carbocycles. The number of aryl methyl sites for hydroxylation is 2. The van der Waals surface area contributed by atoms with Crippen LogP contribution in [0.3, 0.4) is 0 Å². The second kappa shape index (κ2) is 13.5. The summed E-state index contributed by atoms with van der Waals surface area (Å²) in [5.74, 6) is 0.609. The molecule has 3 rings (SSSR count). The van der Waals surface area contributed by atoms with Gasteiger partial charge in [-0.05, 0) is 57.4 Å². The molecule has 0 aliphatic rings. The molecular weight excluding hydrogens is 448 g/mol. The Labute approximate surface area is 215 Å². The first-order valence-corrected chi connectivity index (χ1v) is 12.7. The summed E-state index contributed by atoms with van der Waals surface area (Å²) < 4.78 is 5.83. The van der Waals surface area contributed by atoms with Crippen LogP contribution in [0.2, 0.25) is 0 Å². The molecule has 2 amide bonds. The number of hydrogen-bond donors (Lipinski definition) is 1. The molecule has 0 bridgehead atoms. The van der Waals surface area contributed by atoms with Crippen LogP contribution in [0.5, 0.6) is 5.75 Å². The van der Waals surface area contributed by atoms with Gasteiger partial charge in [-0.25, -0.2) is 0 Å². The molecule has 0 unspecified atom stereocenters. The molecule has 0 saturated heterocycles. The quantitative estimate of drug-likeness (QED) is 0.338. The average molecular weight is 487 g/mol. The first kappa shape index (κ1) is 27.0. The molecule has 0 radical (unpaired) electrons. The van der Waals surface area contributed by atoms with Crippen LogP contribution < -0.4 is 10.1 Å². The van der Waals surface area contributed by atoms with E-state index in [2.05, 4.69) is 11.4 Å². The highest BCUT2D eigenvalue weighted by atomic mass is 16.5. The van der Waals surface area contributed by atoms with Crippen molar-refractivity contribution < 1.29 is 14.3 Å². The maximum Gasteiger partial charge on any atom is 0.243 e. The van der Waals surface area contributed by atoms with Gasteiger partial charge in [0.25, 0.3) is 0 Å². The molecule has 0 saturated carbocycles. The lowest BCUT2D eigenvalue weighted by Crippen LogP contribution is -2.51. The Bertz CT molecular complexity index is 1110. The minimum Gasteiger partial charge on any atom is -0.494 e. The lowest BCUT2D eigenvalue weighted by Gasteiger charge is -2.32. The van der Waals surface area contributed by atoms with Crippen molar-refractivity contribution in [2.45, 2.75) is 65.6 Å². The lowest BCUT2D eigenvalue weighted by molar-refractivity contribution is -0.141. The molecule has 1 atom stereocenters. The molecule has 0 fully saturated rings. The van der Waals surface area contributed by atoms with Crippen molar-refractivity contribution in [1.29, 1.82) is 0 Å². The highest BCUT2D eigenvalue weighted by Crippen LogP contribution is 2.18. The first-order valence-electron chi connectivity index (χ1n) is 12.7. The average Bonchev–Trinajstić information content (AvgIpc) is 2.85. The summed E-state index contributed by atoms with van der Waals surface area (Å²) in [5, 5.41) is 3.03. The van der Waals surface area contributed by atoms with E-state index < -0.39 is 6.04 Å². The summed E-state index contributed by atoms with van der Waals surface area (Å²) in [7, 11) is 0. The van der Waals surface area contributed by atoms with Crippen LogP contribution in [0.15, 0.2) is 78.9 Å². The number of nitrogens with zero attached hydrogens (tertiary/aromatic N) is 1. The predicted molar refractivity (Wildman–Crippen MR) is 145 cm³/mol. The number of nitrogens with one attached hydrogen (secondary N) is 1. The Morgan fingerprint density at radius 3 is 2.22 bits per heavy atom. The van der Waals surface area contributed by atoms with Gasteiger partial charge in [0.05, 0.1) is 6.61 Å². The smallest absolute Gasteiger partial charge is 0.243 e. The molecule has 0 heterocycles. The van der Waals surface area contributed by atoms with Gasteiger partial charge >= 0.3 is 0 Å². The van der Waals surface area contributed by atoms with E-state index in [1.165, 1.54) is 5.56 Å². The summed E-state index contributed by atoms with van der Waals surface area (Å²) in [6.45, 7) is 8.76. The number of ether oxygens (including phenoxy) is 1. The van der Waals surface area contributed by atoms with E-state index in [1.807, 2.05) is 100 Å². The third-order valence-electron chi connectivity index (χ3n) is 5.96. The molecule has 36 heavy (non-hydrogen) atoms. The standard InChI is InChI=1S/C31H38N2O3/c1-23(2)32-31(35)29(21-26-11-6-5-7-12-26)33(22-27-13-8-10-25(4)20-27)30(34)14-9-19-36-28-17-15-24(3)16-18-28/h5-8,10-13,15-18,20,23,29H,9,14,19,21-22H2,1-4H3,(H,32,35)/t29-/m0/s1. The zero-order valence-corrected chi connectivity index (χ0v) is 21.9. The van der Waals surface area contributed by atoms with Crippen LogP contribution >= 0.6 is 0 Å². The van der Waals surface area contributed by atoms with Crippen LogP contribution in [-0.4, -0.2) is 35.4 Å². The van der Waals surface area contributed by atoms with Gasteiger partial charge in [-0.1, -0.05) is 77.9 Å². The molecule has 0 spiro atoms. The molecule has 3 aromatic rings. The van der Waals surface area contributed by atoms with Gasteiger partial charge < -0.3 is 15.0 Å². The van der Waals surface area contributed by atoms with E-state index in [-0.39, 0.29) is 17.9 Å². The van der Waals surface area contributed by atoms with Gasteiger partial charge in [-0.2, -0.15) is 0 Å². The Morgan fingerprint density at radius 1 is 0.861 bits per heavy atom. The van der Waals surface area contributed by atoms with Crippen molar-refractivity contribution >= 4 is 11.8 Å². The molecular formula is C31H38N2O3. The number of hydrogen-bond acceptors (Lipinski definition) is 3. The van der Waals surface area contributed by atoms with Crippen LogP contribution in [0.4, 0.5) is 0 Å². The van der Waals surface area contributed by atoms with Gasteiger partial charge in [0.1, 0.15) is 11.8 Å². The van der Waals surface area contributed by atoms with Crippen molar-refractivity contribution in [2.75, 3.05) is 6.61 Å². The van der Waals surface area contributed by atoms with E-state index in [0.717, 1.165) is 22.4 Å².